The summed E-state index contributed by atoms with van der Waals surface area (Å²) in [6, 6.07) is 10.2. The van der Waals surface area contributed by atoms with E-state index in [1.807, 2.05) is 70.5 Å². The minimum atomic E-state index is -0.367. The van der Waals surface area contributed by atoms with Gasteiger partial charge in [-0.1, -0.05) is 58.0 Å². The summed E-state index contributed by atoms with van der Waals surface area (Å²) >= 11 is 0. The first-order chi connectivity index (χ1) is 16.3. The van der Waals surface area contributed by atoms with Gasteiger partial charge in [0.1, 0.15) is 0 Å². The Bertz CT molecular complexity index is 1270. The molecule has 4 aromatic rings. The predicted octanol–water partition coefficient (Wildman–Crippen LogP) is 4.48. The summed E-state index contributed by atoms with van der Waals surface area (Å²) in [5.41, 5.74) is 5.90. The van der Waals surface area contributed by atoms with Crippen LogP contribution in [0.1, 0.15) is 67.8 Å². The highest BCUT2D eigenvalue weighted by Gasteiger charge is 2.24. The number of hydrogen-bond acceptors (Lipinski definition) is 6. The molecule has 0 radical (unpaired) electrons. The first-order valence-corrected chi connectivity index (χ1v) is 11.6. The smallest absolute Gasteiger partial charge is 0.292 e. The van der Waals surface area contributed by atoms with Crippen LogP contribution in [0.4, 0.5) is 0 Å². The minimum Gasteiger partial charge on any atom is -0.396 e. The number of aliphatic hydroxyl groups excluding tert-OH is 1. The van der Waals surface area contributed by atoms with E-state index in [-0.39, 0.29) is 23.8 Å². The molecule has 8 nitrogen and oxygen atoms in total. The Hall–Kier alpha value is -3.52. The lowest BCUT2D eigenvalue weighted by molar-refractivity contribution is 0.0937. The summed E-state index contributed by atoms with van der Waals surface area (Å²) in [7, 11) is 0. The van der Waals surface area contributed by atoms with Gasteiger partial charge in [0.2, 0.25) is 5.89 Å². The van der Waals surface area contributed by atoms with Crippen molar-refractivity contribution in [1.29, 1.82) is 0 Å². The van der Waals surface area contributed by atoms with E-state index in [0.717, 1.165) is 33.3 Å². The van der Waals surface area contributed by atoms with Crippen molar-refractivity contribution in [2.75, 3.05) is 6.61 Å². The molecule has 8 heteroatoms. The van der Waals surface area contributed by atoms with Crippen molar-refractivity contribution in [2.24, 2.45) is 0 Å². The number of benzene rings is 1. The van der Waals surface area contributed by atoms with Gasteiger partial charge in [-0.3, -0.25) is 4.79 Å². The second-order valence-corrected chi connectivity index (χ2v) is 8.89. The Morgan fingerprint density at radius 3 is 2.59 bits per heavy atom. The molecule has 2 N–H and O–H groups in total. The third-order valence-electron chi connectivity index (χ3n) is 5.33. The van der Waals surface area contributed by atoms with Crippen LogP contribution >= 0.6 is 0 Å². The molecule has 1 aromatic carbocycles. The van der Waals surface area contributed by atoms with E-state index in [0.29, 0.717) is 18.9 Å². The van der Waals surface area contributed by atoms with Crippen molar-refractivity contribution in [3.05, 3.63) is 71.1 Å². The zero-order valence-corrected chi connectivity index (χ0v) is 20.7. The maximum absolute atomic E-state index is 12.4. The van der Waals surface area contributed by atoms with Gasteiger partial charge in [-0.25, -0.2) is 4.52 Å². The predicted molar refractivity (Wildman–Crippen MR) is 132 cm³/mol. The third kappa shape index (κ3) is 5.51. The standard InChI is InChI=1S/C24H27N5O3.C2H6/c1-15-11-17(19-7-9-26-29-14-16(8-10-30)12-20(19)29)5-6-18(15)13-25-22(31)21-27-23(32-28-21)24(2,3)4;1-2/h5-7,9,11-12,14,30H,8,10,13H2,1-4H3,(H,25,31);1-2H3. The van der Waals surface area contributed by atoms with Gasteiger partial charge in [-0.05, 0) is 47.7 Å². The highest BCUT2D eigenvalue weighted by Crippen LogP contribution is 2.27. The summed E-state index contributed by atoms with van der Waals surface area (Å²) in [6.45, 7) is 12.3. The van der Waals surface area contributed by atoms with Crippen LogP contribution in [0, 0.1) is 6.92 Å². The molecule has 0 bridgehead atoms. The van der Waals surface area contributed by atoms with E-state index in [9.17, 15) is 9.90 Å². The number of rotatable bonds is 6. The number of hydrogen-bond donors (Lipinski definition) is 2. The van der Waals surface area contributed by atoms with E-state index < -0.39 is 0 Å². The normalized spacial score (nSPS) is 11.3. The number of aryl methyl sites for hydroxylation is 1. The van der Waals surface area contributed by atoms with Gasteiger partial charge in [-0.2, -0.15) is 10.1 Å². The number of carbonyl (C=O) groups excluding carboxylic acids is 1. The second kappa shape index (κ2) is 10.6. The molecule has 34 heavy (non-hydrogen) atoms. The van der Waals surface area contributed by atoms with Gasteiger partial charge in [-0.15, -0.1) is 0 Å². The molecule has 3 aromatic heterocycles. The Morgan fingerprint density at radius 2 is 1.94 bits per heavy atom. The van der Waals surface area contributed by atoms with Crippen molar-refractivity contribution >= 4 is 11.4 Å². The van der Waals surface area contributed by atoms with Crippen LogP contribution in [0.3, 0.4) is 0 Å². The Kier molecular flexibility index (Phi) is 7.83. The van der Waals surface area contributed by atoms with E-state index >= 15 is 0 Å². The number of nitrogens with zero attached hydrogens (tertiary/aromatic N) is 4. The van der Waals surface area contributed by atoms with Crippen LogP contribution in [0.2, 0.25) is 0 Å². The lowest BCUT2D eigenvalue weighted by atomic mass is 9.97. The van der Waals surface area contributed by atoms with Crippen LogP contribution in [0.25, 0.3) is 16.6 Å². The molecule has 0 fully saturated rings. The fraction of sp³-hybridized carbons (Fsp3) is 0.385. The SMILES string of the molecule is CC.Cc1cc(-c2ccnn3cc(CCO)cc23)ccc1CNC(=O)c1noc(C(C)(C)C)n1. The summed E-state index contributed by atoms with van der Waals surface area (Å²) in [5, 5.41) is 20.3. The fourth-order valence-corrected chi connectivity index (χ4v) is 3.51. The number of fused-ring (bicyclic) bond motifs is 1. The highest BCUT2D eigenvalue weighted by atomic mass is 16.5. The molecule has 180 valence electrons. The Morgan fingerprint density at radius 1 is 1.18 bits per heavy atom. The molecule has 0 saturated heterocycles. The maximum atomic E-state index is 12.4. The summed E-state index contributed by atoms with van der Waals surface area (Å²) in [6.07, 6.45) is 4.30. The number of nitrogens with one attached hydrogen (secondary N) is 1. The van der Waals surface area contributed by atoms with Gasteiger partial charge >= 0.3 is 0 Å². The highest BCUT2D eigenvalue weighted by molar-refractivity contribution is 5.90. The average molecular weight is 464 g/mol. The van der Waals surface area contributed by atoms with Crippen molar-refractivity contribution in [3.63, 3.8) is 0 Å². The van der Waals surface area contributed by atoms with Crippen LogP contribution in [0.15, 0.2) is 47.2 Å². The largest absolute Gasteiger partial charge is 0.396 e. The van der Waals surface area contributed by atoms with Crippen molar-refractivity contribution in [2.45, 2.75) is 59.9 Å². The first-order valence-electron chi connectivity index (χ1n) is 11.6. The zero-order valence-electron chi connectivity index (χ0n) is 20.7. The van der Waals surface area contributed by atoms with Crippen LogP contribution in [-0.4, -0.2) is 37.4 Å². The molecule has 4 rings (SSSR count). The molecule has 0 aliphatic rings. The quantitative estimate of drug-likeness (QED) is 0.437. The molecule has 0 atom stereocenters. The Balaban J connectivity index is 0.00000158. The molecule has 0 unspecified atom stereocenters. The topological polar surface area (TPSA) is 106 Å². The minimum absolute atomic E-state index is 0.0373. The molecular formula is C26H33N5O3. The maximum Gasteiger partial charge on any atom is 0.292 e. The van der Waals surface area contributed by atoms with E-state index in [2.05, 4.69) is 32.7 Å². The second-order valence-electron chi connectivity index (χ2n) is 8.89. The number of carbonyl (C=O) groups is 1. The van der Waals surface area contributed by atoms with Crippen molar-refractivity contribution < 1.29 is 14.4 Å². The van der Waals surface area contributed by atoms with E-state index in [1.165, 1.54) is 0 Å². The summed E-state index contributed by atoms with van der Waals surface area (Å²) in [5.74, 6) is 0.0998. The fourth-order valence-electron chi connectivity index (χ4n) is 3.51. The summed E-state index contributed by atoms with van der Waals surface area (Å²) in [4.78, 5) is 16.6. The lowest BCUT2D eigenvalue weighted by Crippen LogP contribution is -2.24. The van der Waals surface area contributed by atoms with Crippen LogP contribution < -0.4 is 5.32 Å². The molecule has 0 saturated carbocycles. The van der Waals surface area contributed by atoms with E-state index in [4.69, 9.17) is 4.52 Å². The number of amides is 1. The molecule has 1 amide bonds. The van der Waals surface area contributed by atoms with Gasteiger partial charge in [0.15, 0.2) is 0 Å². The molecular weight excluding hydrogens is 430 g/mol. The van der Waals surface area contributed by atoms with Gasteiger partial charge < -0.3 is 14.9 Å². The average Bonchev–Trinajstić information content (AvgIpc) is 3.47. The number of aromatic nitrogens is 4. The van der Waals surface area contributed by atoms with E-state index in [1.54, 1.807) is 6.20 Å². The molecule has 0 aliphatic heterocycles. The monoisotopic (exact) mass is 463 g/mol. The lowest BCUT2D eigenvalue weighted by Gasteiger charge is -2.11. The molecule has 3 heterocycles. The van der Waals surface area contributed by atoms with Crippen molar-refractivity contribution in [3.8, 4) is 11.1 Å². The van der Waals surface area contributed by atoms with Crippen LogP contribution in [0.5, 0.6) is 0 Å². The van der Waals surface area contributed by atoms with Crippen LogP contribution in [-0.2, 0) is 18.4 Å². The van der Waals surface area contributed by atoms with Crippen molar-refractivity contribution in [1.82, 2.24) is 25.1 Å². The third-order valence-corrected chi connectivity index (χ3v) is 5.33. The molecule has 0 aliphatic carbocycles. The van der Waals surface area contributed by atoms with Gasteiger partial charge in [0.05, 0.1) is 5.52 Å². The van der Waals surface area contributed by atoms with Gasteiger partial charge in [0.25, 0.3) is 11.7 Å². The summed E-state index contributed by atoms with van der Waals surface area (Å²) < 4.78 is 7.03. The first kappa shape index (κ1) is 25.1. The Labute approximate surface area is 200 Å². The van der Waals surface area contributed by atoms with Gasteiger partial charge in [0, 0.05) is 36.5 Å². The number of aliphatic hydroxyl groups is 1. The molecule has 0 spiro atoms. The zero-order chi connectivity index (χ0) is 24.9.